The number of nitrogens with one attached hydrogen (secondary N) is 2. The molecule has 1 aromatic heterocycles. The zero-order chi connectivity index (χ0) is 22.4. The molecule has 0 spiro atoms. The second-order valence-electron chi connectivity index (χ2n) is 7.14. The molecule has 0 saturated heterocycles. The maximum absolute atomic E-state index is 12.6. The van der Waals surface area contributed by atoms with Gasteiger partial charge in [0.05, 0.1) is 16.3 Å². The summed E-state index contributed by atoms with van der Waals surface area (Å²) >= 11 is 0. The fourth-order valence-electron chi connectivity index (χ4n) is 3.20. The van der Waals surface area contributed by atoms with Gasteiger partial charge in [0.25, 0.3) is 10.0 Å². The molecule has 32 heavy (non-hydrogen) atoms. The van der Waals surface area contributed by atoms with Crippen LogP contribution in [0, 0.1) is 0 Å². The highest BCUT2D eigenvalue weighted by Crippen LogP contribution is 2.25. The molecule has 2 N–H and O–H groups in total. The Morgan fingerprint density at radius 2 is 1.38 bits per heavy atom. The first-order valence-corrected chi connectivity index (χ1v) is 11.6. The van der Waals surface area contributed by atoms with Gasteiger partial charge in [-0.1, -0.05) is 60.7 Å². The number of carbonyl (C=O) groups is 1. The monoisotopic (exact) mass is 446 g/mol. The Labute approximate surface area is 187 Å². The highest BCUT2D eigenvalue weighted by Gasteiger charge is 2.16. The Kier molecular flexibility index (Phi) is 6.37. The van der Waals surface area contributed by atoms with E-state index in [9.17, 15) is 13.2 Å². The van der Waals surface area contributed by atoms with Crippen LogP contribution in [0.1, 0.15) is 12.2 Å². The predicted octanol–water partition coefficient (Wildman–Crippen LogP) is 5.32. The average Bonchev–Trinajstić information content (AvgIpc) is 3.29. The number of hydrogen-bond acceptors (Lipinski definition) is 4. The van der Waals surface area contributed by atoms with Crippen molar-refractivity contribution in [2.24, 2.45) is 0 Å². The van der Waals surface area contributed by atoms with Crippen molar-refractivity contribution < 1.29 is 17.6 Å². The Morgan fingerprint density at radius 1 is 0.750 bits per heavy atom. The zero-order valence-electron chi connectivity index (χ0n) is 17.2. The Hall–Kier alpha value is -3.84. The van der Waals surface area contributed by atoms with Gasteiger partial charge in [-0.15, -0.1) is 0 Å². The summed E-state index contributed by atoms with van der Waals surface area (Å²) in [5, 5.41) is 2.79. The van der Waals surface area contributed by atoms with Gasteiger partial charge in [0, 0.05) is 18.4 Å². The standard InChI is InChI=1S/C25H22N2O4S/c28-25(18-16-20-15-17-24(31-20)19-9-3-1-4-10-19)26-22-13-7-8-14-23(22)27-32(29,30)21-11-5-2-6-12-21/h1-15,17,27H,16,18H2,(H,26,28). The number of furan rings is 1. The van der Waals surface area contributed by atoms with Crippen molar-refractivity contribution in [1.29, 1.82) is 0 Å². The molecule has 0 radical (unpaired) electrons. The molecule has 0 aliphatic carbocycles. The van der Waals surface area contributed by atoms with Crippen LogP contribution in [0.25, 0.3) is 11.3 Å². The largest absolute Gasteiger partial charge is 0.461 e. The topological polar surface area (TPSA) is 88.4 Å². The van der Waals surface area contributed by atoms with Gasteiger partial charge in [-0.2, -0.15) is 0 Å². The van der Waals surface area contributed by atoms with E-state index in [0.29, 0.717) is 23.6 Å². The van der Waals surface area contributed by atoms with Crippen LogP contribution >= 0.6 is 0 Å². The summed E-state index contributed by atoms with van der Waals surface area (Å²) in [4.78, 5) is 12.7. The van der Waals surface area contributed by atoms with E-state index in [0.717, 1.165) is 11.3 Å². The summed E-state index contributed by atoms with van der Waals surface area (Å²) in [5.74, 6) is 1.22. The number of rotatable bonds is 8. The third kappa shape index (κ3) is 5.25. The predicted molar refractivity (Wildman–Crippen MR) is 125 cm³/mol. The number of carbonyl (C=O) groups excluding carboxylic acids is 1. The van der Waals surface area contributed by atoms with Gasteiger partial charge in [0.2, 0.25) is 5.91 Å². The molecule has 162 valence electrons. The van der Waals surface area contributed by atoms with Crippen LogP contribution in [0.4, 0.5) is 11.4 Å². The van der Waals surface area contributed by atoms with Crippen LogP contribution in [-0.4, -0.2) is 14.3 Å². The number of sulfonamides is 1. The first kappa shape index (κ1) is 21.4. The molecule has 3 aromatic carbocycles. The van der Waals surface area contributed by atoms with Crippen molar-refractivity contribution in [3.63, 3.8) is 0 Å². The minimum atomic E-state index is -3.77. The highest BCUT2D eigenvalue weighted by atomic mass is 32.2. The van der Waals surface area contributed by atoms with Gasteiger partial charge >= 0.3 is 0 Å². The molecule has 0 unspecified atom stereocenters. The number of anilines is 2. The zero-order valence-corrected chi connectivity index (χ0v) is 18.0. The third-order valence-corrected chi connectivity index (χ3v) is 6.20. The number of amides is 1. The van der Waals surface area contributed by atoms with Crippen LogP contribution in [0.3, 0.4) is 0 Å². The molecule has 1 amide bonds. The number of aryl methyl sites for hydroxylation is 1. The smallest absolute Gasteiger partial charge is 0.261 e. The van der Waals surface area contributed by atoms with E-state index in [-0.39, 0.29) is 17.2 Å². The summed E-state index contributed by atoms with van der Waals surface area (Å²) in [7, 11) is -3.77. The van der Waals surface area contributed by atoms with Gasteiger partial charge in [-0.3, -0.25) is 9.52 Å². The van der Waals surface area contributed by atoms with E-state index in [2.05, 4.69) is 10.0 Å². The van der Waals surface area contributed by atoms with E-state index in [4.69, 9.17) is 4.42 Å². The molecule has 0 bridgehead atoms. The minimum Gasteiger partial charge on any atom is -0.461 e. The van der Waals surface area contributed by atoms with Crippen LogP contribution in [0.15, 0.2) is 106 Å². The lowest BCUT2D eigenvalue weighted by Crippen LogP contribution is -2.17. The molecule has 0 saturated carbocycles. The van der Waals surface area contributed by atoms with Gasteiger partial charge in [0.15, 0.2) is 0 Å². The van der Waals surface area contributed by atoms with E-state index < -0.39 is 10.0 Å². The van der Waals surface area contributed by atoms with Crippen LogP contribution in [-0.2, 0) is 21.2 Å². The molecule has 1 heterocycles. The fourth-order valence-corrected chi connectivity index (χ4v) is 4.30. The fraction of sp³-hybridized carbons (Fsp3) is 0.0800. The summed E-state index contributed by atoms with van der Waals surface area (Å²) in [6, 6.07) is 28.2. The summed E-state index contributed by atoms with van der Waals surface area (Å²) < 4.78 is 33.6. The van der Waals surface area contributed by atoms with Crippen LogP contribution in [0.2, 0.25) is 0 Å². The molecular weight excluding hydrogens is 424 g/mol. The lowest BCUT2D eigenvalue weighted by Gasteiger charge is -2.13. The summed E-state index contributed by atoms with van der Waals surface area (Å²) in [6.07, 6.45) is 0.623. The molecule has 0 aliphatic rings. The maximum atomic E-state index is 12.6. The van der Waals surface area contributed by atoms with E-state index in [1.54, 1.807) is 42.5 Å². The first-order valence-electron chi connectivity index (χ1n) is 10.1. The van der Waals surface area contributed by atoms with Crippen LogP contribution < -0.4 is 10.0 Å². The molecule has 7 heteroatoms. The van der Waals surface area contributed by atoms with E-state index >= 15 is 0 Å². The lowest BCUT2D eigenvalue weighted by molar-refractivity contribution is -0.116. The molecular formula is C25H22N2O4S. The van der Waals surface area contributed by atoms with Gasteiger partial charge in [-0.05, 0) is 36.4 Å². The van der Waals surface area contributed by atoms with Crippen molar-refractivity contribution in [2.75, 3.05) is 10.0 Å². The van der Waals surface area contributed by atoms with E-state index in [1.165, 1.54) is 12.1 Å². The SMILES string of the molecule is O=C(CCc1ccc(-c2ccccc2)o1)Nc1ccccc1NS(=O)(=O)c1ccccc1. The molecule has 0 aliphatic heterocycles. The average molecular weight is 447 g/mol. The second kappa shape index (κ2) is 9.53. The Bertz CT molecular complexity index is 1300. The van der Waals surface area contributed by atoms with Crippen molar-refractivity contribution in [3.05, 3.63) is 103 Å². The number of para-hydroxylation sites is 2. The van der Waals surface area contributed by atoms with Crippen molar-refractivity contribution in [3.8, 4) is 11.3 Å². The number of benzene rings is 3. The first-order chi connectivity index (χ1) is 15.5. The van der Waals surface area contributed by atoms with E-state index in [1.807, 2.05) is 42.5 Å². The van der Waals surface area contributed by atoms with Gasteiger partial charge < -0.3 is 9.73 Å². The molecule has 6 nitrogen and oxygen atoms in total. The Balaban J connectivity index is 1.40. The second-order valence-corrected chi connectivity index (χ2v) is 8.83. The van der Waals surface area contributed by atoms with Crippen molar-refractivity contribution >= 4 is 27.3 Å². The summed E-state index contributed by atoms with van der Waals surface area (Å²) in [5.41, 5.74) is 1.67. The molecule has 4 rings (SSSR count). The van der Waals surface area contributed by atoms with Crippen LogP contribution in [0.5, 0.6) is 0 Å². The van der Waals surface area contributed by atoms with Gasteiger partial charge in [0.1, 0.15) is 11.5 Å². The Morgan fingerprint density at radius 3 is 2.09 bits per heavy atom. The lowest BCUT2D eigenvalue weighted by atomic mass is 10.2. The molecule has 0 atom stereocenters. The van der Waals surface area contributed by atoms with Crippen molar-refractivity contribution in [2.45, 2.75) is 17.7 Å². The van der Waals surface area contributed by atoms with Crippen molar-refractivity contribution in [1.82, 2.24) is 0 Å². The minimum absolute atomic E-state index is 0.146. The molecule has 4 aromatic rings. The maximum Gasteiger partial charge on any atom is 0.261 e. The quantitative estimate of drug-likeness (QED) is 0.383. The third-order valence-electron chi connectivity index (χ3n) is 4.82. The summed E-state index contributed by atoms with van der Waals surface area (Å²) in [6.45, 7) is 0. The number of hydrogen-bond donors (Lipinski definition) is 2. The molecule has 0 fully saturated rings. The normalized spacial score (nSPS) is 11.1. The highest BCUT2D eigenvalue weighted by molar-refractivity contribution is 7.92. The van der Waals surface area contributed by atoms with Gasteiger partial charge in [-0.25, -0.2) is 8.42 Å².